The summed E-state index contributed by atoms with van der Waals surface area (Å²) < 4.78 is 30.4. The summed E-state index contributed by atoms with van der Waals surface area (Å²) in [5.41, 5.74) is 6.44. The van der Waals surface area contributed by atoms with Crippen LogP contribution in [-0.2, 0) is 16.7 Å². The molecule has 2 aliphatic rings. The largest absolute Gasteiger partial charge is 0.300 e. The number of carbonyl (C=O) groups is 1. The molecule has 3 aromatic rings. The lowest BCUT2D eigenvalue weighted by atomic mass is 10.0. The van der Waals surface area contributed by atoms with Gasteiger partial charge in [-0.2, -0.15) is 8.42 Å². The Bertz CT molecular complexity index is 1720. The van der Waals surface area contributed by atoms with Crippen LogP contribution in [0.3, 0.4) is 0 Å². The third kappa shape index (κ3) is 6.82. The van der Waals surface area contributed by atoms with E-state index in [0.29, 0.717) is 11.1 Å². The van der Waals surface area contributed by atoms with Crippen molar-refractivity contribution in [1.82, 2.24) is 9.88 Å². The quantitative estimate of drug-likeness (QED) is 0.151. The predicted octanol–water partition coefficient (Wildman–Crippen LogP) is 7.42. The minimum atomic E-state index is -4.02. The van der Waals surface area contributed by atoms with Gasteiger partial charge in [0.2, 0.25) is 0 Å². The van der Waals surface area contributed by atoms with E-state index in [-0.39, 0.29) is 10.7 Å². The van der Waals surface area contributed by atoms with Crippen LogP contribution in [0.25, 0.3) is 22.2 Å². The SMILES string of the molecule is CCN(CC)Cc1cccc2c3cccc(C(=O)c4ccccc4Br)cc-3nc12.Cc1ccc(S(=O)(=O)O)cc1. The summed E-state index contributed by atoms with van der Waals surface area (Å²) in [4.78, 5) is 20.4. The Morgan fingerprint density at radius 1 is 0.900 bits per heavy atom. The van der Waals surface area contributed by atoms with E-state index in [1.54, 1.807) is 12.1 Å². The molecule has 8 heteroatoms. The Morgan fingerprint density at radius 2 is 1.57 bits per heavy atom. The molecule has 0 bridgehead atoms. The summed E-state index contributed by atoms with van der Waals surface area (Å²) in [7, 11) is -4.02. The van der Waals surface area contributed by atoms with Crippen LogP contribution in [0, 0.1) is 6.92 Å². The van der Waals surface area contributed by atoms with Gasteiger partial charge in [-0.25, -0.2) is 4.98 Å². The van der Waals surface area contributed by atoms with Crippen LogP contribution in [0.1, 0.15) is 40.9 Å². The van der Waals surface area contributed by atoms with E-state index in [4.69, 9.17) is 9.54 Å². The van der Waals surface area contributed by atoms with Crippen molar-refractivity contribution in [3.05, 3.63) is 118 Å². The highest BCUT2D eigenvalue weighted by Crippen LogP contribution is 2.33. The fraction of sp³-hybridized carbons (Fsp3) is 0.188. The Morgan fingerprint density at radius 3 is 2.23 bits per heavy atom. The molecule has 206 valence electrons. The topological polar surface area (TPSA) is 87.6 Å². The number of hydrogen-bond donors (Lipinski definition) is 1. The highest BCUT2D eigenvalue weighted by Gasteiger charge is 2.18. The number of fused-ring (bicyclic) bond motifs is 3. The van der Waals surface area contributed by atoms with Gasteiger partial charge in [-0.05, 0) is 55.9 Å². The van der Waals surface area contributed by atoms with E-state index >= 15 is 0 Å². The molecular formula is C32H31BrN2O4S. The smallest absolute Gasteiger partial charge is 0.294 e. The first-order valence-corrected chi connectivity index (χ1v) is 15.2. The number of hydrogen-bond acceptors (Lipinski definition) is 5. The highest BCUT2D eigenvalue weighted by atomic mass is 79.9. The Labute approximate surface area is 243 Å². The van der Waals surface area contributed by atoms with Crippen LogP contribution in [0.4, 0.5) is 0 Å². The molecule has 3 aromatic carbocycles. The Balaban J connectivity index is 0.000000283. The third-order valence-electron chi connectivity index (χ3n) is 6.74. The second-order valence-corrected chi connectivity index (χ2v) is 11.7. The first kappa shape index (κ1) is 29.6. The summed E-state index contributed by atoms with van der Waals surface area (Å²) >= 11 is 3.49. The molecule has 1 aliphatic heterocycles. The van der Waals surface area contributed by atoms with Gasteiger partial charge in [0.1, 0.15) is 0 Å². The maximum Gasteiger partial charge on any atom is 0.294 e. The van der Waals surface area contributed by atoms with E-state index in [0.717, 1.165) is 51.8 Å². The number of benzene rings is 3. The lowest BCUT2D eigenvalue weighted by Crippen LogP contribution is -2.22. The van der Waals surface area contributed by atoms with Gasteiger partial charge in [0.05, 0.1) is 16.1 Å². The minimum absolute atomic E-state index is 0.00889. The van der Waals surface area contributed by atoms with Crippen molar-refractivity contribution in [2.45, 2.75) is 32.2 Å². The van der Waals surface area contributed by atoms with Crippen molar-refractivity contribution in [1.29, 1.82) is 0 Å². The molecule has 1 aliphatic carbocycles. The highest BCUT2D eigenvalue weighted by molar-refractivity contribution is 9.10. The molecular weight excluding hydrogens is 588 g/mol. The number of halogens is 1. The van der Waals surface area contributed by atoms with Crippen LogP contribution >= 0.6 is 15.9 Å². The van der Waals surface area contributed by atoms with Gasteiger partial charge in [-0.15, -0.1) is 0 Å². The summed E-state index contributed by atoms with van der Waals surface area (Å²) in [5, 5.41) is 1.14. The van der Waals surface area contributed by atoms with Gasteiger partial charge in [-0.1, -0.05) is 96.0 Å². The van der Waals surface area contributed by atoms with Crippen molar-refractivity contribution in [3.63, 3.8) is 0 Å². The molecule has 0 radical (unpaired) electrons. The van der Waals surface area contributed by atoms with Gasteiger partial charge in [0.15, 0.2) is 5.78 Å². The molecule has 0 spiro atoms. The zero-order valence-corrected chi connectivity index (χ0v) is 25.0. The first-order chi connectivity index (χ1) is 19.1. The molecule has 6 nitrogen and oxygen atoms in total. The van der Waals surface area contributed by atoms with E-state index in [1.807, 2.05) is 49.4 Å². The zero-order valence-electron chi connectivity index (χ0n) is 22.6. The maximum absolute atomic E-state index is 13.1. The average molecular weight is 620 g/mol. The number of carbonyl (C=O) groups excluding carboxylic acids is 1. The van der Waals surface area contributed by atoms with Crippen molar-refractivity contribution in [2.75, 3.05) is 13.1 Å². The molecule has 0 aromatic heterocycles. The Hall–Kier alpha value is -3.43. The van der Waals surface area contributed by atoms with Crippen molar-refractivity contribution >= 4 is 42.7 Å². The first-order valence-electron chi connectivity index (χ1n) is 13.0. The molecule has 1 N–H and O–H groups in total. The summed E-state index contributed by atoms with van der Waals surface area (Å²) in [5.74, 6) is -0.00889. The minimum Gasteiger partial charge on any atom is -0.300 e. The zero-order chi connectivity index (χ0) is 28.9. The lowest BCUT2D eigenvalue weighted by Gasteiger charge is -2.18. The maximum atomic E-state index is 13.1. The second kappa shape index (κ2) is 12.8. The summed E-state index contributed by atoms with van der Waals surface area (Å²) in [6.07, 6.45) is 0. The van der Waals surface area contributed by atoms with Gasteiger partial charge in [-0.3, -0.25) is 14.2 Å². The van der Waals surface area contributed by atoms with Crippen LogP contribution in [0.15, 0.2) is 100 Å². The van der Waals surface area contributed by atoms with E-state index in [2.05, 4.69) is 58.9 Å². The molecule has 0 amide bonds. The molecule has 0 atom stereocenters. The molecule has 5 rings (SSSR count). The van der Waals surface area contributed by atoms with Crippen LogP contribution in [0.2, 0.25) is 0 Å². The molecule has 0 saturated heterocycles. The predicted molar refractivity (Wildman–Crippen MR) is 164 cm³/mol. The van der Waals surface area contributed by atoms with Gasteiger partial charge in [0.25, 0.3) is 10.1 Å². The standard InChI is InChI=1S/C25H23BrN2O.C7H8O3S/c1-3-28(4-2)16-18-10-8-13-20-19-12-7-9-17(15-23(19)27-24(18)20)25(29)21-11-5-6-14-22(21)26;1-6-2-4-7(5-3-6)11(8,9)10/h5-15H,3-4,16H2,1-2H3;2-5H,1H3,(H,8,9,10). The van der Waals surface area contributed by atoms with Gasteiger partial charge >= 0.3 is 0 Å². The van der Waals surface area contributed by atoms with Gasteiger partial charge in [0, 0.05) is 33.1 Å². The normalized spacial score (nSPS) is 11.4. The van der Waals surface area contributed by atoms with Crippen LogP contribution < -0.4 is 0 Å². The van der Waals surface area contributed by atoms with E-state index in [9.17, 15) is 13.2 Å². The number of para-hydroxylation sites is 1. The van der Waals surface area contributed by atoms with E-state index in [1.165, 1.54) is 17.7 Å². The lowest BCUT2D eigenvalue weighted by molar-refractivity contribution is 0.103. The number of ketones is 1. The molecule has 0 saturated carbocycles. The summed E-state index contributed by atoms with van der Waals surface area (Å²) in [6.45, 7) is 9.09. The molecule has 0 unspecified atom stereocenters. The number of aryl methyl sites for hydroxylation is 1. The molecule has 0 fully saturated rings. The molecule has 40 heavy (non-hydrogen) atoms. The van der Waals surface area contributed by atoms with Crippen molar-refractivity contribution < 1.29 is 17.8 Å². The summed E-state index contributed by atoms with van der Waals surface area (Å²) in [6, 6.07) is 27.7. The molecule has 1 heterocycles. The van der Waals surface area contributed by atoms with Crippen molar-refractivity contribution in [3.8, 4) is 11.3 Å². The number of nitrogens with zero attached hydrogens (tertiary/aromatic N) is 2. The van der Waals surface area contributed by atoms with E-state index < -0.39 is 10.1 Å². The van der Waals surface area contributed by atoms with Gasteiger partial charge < -0.3 is 0 Å². The van der Waals surface area contributed by atoms with Crippen LogP contribution in [-0.4, -0.2) is 41.7 Å². The fourth-order valence-electron chi connectivity index (χ4n) is 4.46. The number of rotatable bonds is 7. The third-order valence-corrected chi connectivity index (χ3v) is 8.30. The number of aromatic nitrogens is 1. The Kier molecular flexibility index (Phi) is 9.48. The van der Waals surface area contributed by atoms with Crippen molar-refractivity contribution in [2.24, 2.45) is 0 Å². The second-order valence-electron chi connectivity index (χ2n) is 9.41. The van der Waals surface area contributed by atoms with Crippen LogP contribution in [0.5, 0.6) is 0 Å². The average Bonchev–Trinajstić information content (AvgIpc) is 3.15. The fourth-order valence-corrected chi connectivity index (χ4v) is 5.40. The monoisotopic (exact) mass is 618 g/mol.